The molecule has 15 heavy (non-hydrogen) atoms. The molecular formula is C10H7NO4. The van der Waals surface area contributed by atoms with Gasteiger partial charge in [-0.1, -0.05) is 6.07 Å². The Hall–Kier alpha value is -2.30. The number of nitrogens with zero attached hydrogens (tertiary/aromatic N) is 1. The number of non-ortho nitro benzene ring substituents is 1. The van der Waals surface area contributed by atoms with Crippen molar-refractivity contribution < 1.29 is 15.1 Å². The summed E-state index contributed by atoms with van der Waals surface area (Å²) in [5.74, 6) is -0.626. The normalized spacial score (nSPS) is 10.4. The second-order valence-electron chi connectivity index (χ2n) is 3.10. The molecule has 0 fully saturated rings. The highest BCUT2D eigenvalue weighted by Crippen LogP contribution is 2.35. The van der Waals surface area contributed by atoms with E-state index >= 15 is 0 Å². The lowest BCUT2D eigenvalue weighted by atomic mass is 10.1. The Kier molecular flexibility index (Phi) is 1.93. The van der Waals surface area contributed by atoms with Gasteiger partial charge in [-0.15, -0.1) is 0 Å². The monoisotopic (exact) mass is 205 g/mol. The summed E-state index contributed by atoms with van der Waals surface area (Å²) in [6.07, 6.45) is 0. The molecule has 0 bridgehead atoms. The van der Waals surface area contributed by atoms with E-state index in [1.54, 1.807) is 6.07 Å². The number of aromatic hydroxyl groups is 2. The first kappa shape index (κ1) is 9.26. The molecule has 2 aromatic carbocycles. The molecule has 5 heteroatoms. The first-order valence-electron chi connectivity index (χ1n) is 4.18. The Morgan fingerprint density at radius 1 is 1.13 bits per heavy atom. The van der Waals surface area contributed by atoms with E-state index in [0.717, 1.165) is 0 Å². The van der Waals surface area contributed by atoms with Crippen molar-refractivity contribution in [3.63, 3.8) is 0 Å². The number of hydrogen-bond acceptors (Lipinski definition) is 4. The molecule has 0 aromatic heterocycles. The van der Waals surface area contributed by atoms with Gasteiger partial charge in [-0.2, -0.15) is 0 Å². The largest absolute Gasteiger partial charge is 0.504 e. The third-order valence-electron chi connectivity index (χ3n) is 2.17. The summed E-state index contributed by atoms with van der Waals surface area (Å²) in [5, 5.41) is 30.1. The minimum atomic E-state index is -0.553. The molecule has 0 spiro atoms. The molecule has 0 aliphatic rings. The van der Waals surface area contributed by atoms with E-state index in [1.165, 1.54) is 24.3 Å². The average Bonchev–Trinajstić information content (AvgIpc) is 2.23. The van der Waals surface area contributed by atoms with Crippen LogP contribution in [0.4, 0.5) is 5.69 Å². The third-order valence-corrected chi connectivity index (χ3v) is 2.17. The van der Waals surface area contributed by atoms with Crippen LogP contribution in [0, 0.1) is 10.1 Å². The van der Waals surface area contributed by atoms with Crippen LogP contribution in [0.5, 0.6) is 11.5 Å². The maximum Gasteiger partial charge on any atom is 0.270 e. The van der Waals surface area contributed by atoms with Crippen LogP contribution < -0.4 is 0 Å². The second-order valence-corrected chi connectivity index (χ2v) is 3.10. The number of fused-ring (bicyclic) bond motifs is 1. The van der Waals surface area contributed by atoms with Crippen molar-refractivity contribution >= 4 is 16.5 Å². The van der Waals surface area contributed by atoms with E-state index in [1.807, 2.05) is 0 Å². The molecule has 0 atom stereocenters. The molecule has 2 aromatic rings. The smallest absolute Gasteiger partial charge is 0.270 e. The van der Waals surface area contributed by atoms with Gasteiger partial charge in [0.1, 0.15) is 0 Å². The van der Waals surface area contributed by atoms with E-state index in [9.17, 15) is 20.3 Å². The van der Waals surface area contributed by atoms with Crippen LogP contribution in [-0.4, -0.2) is 15.1 Å². The van der Waals surface area contributed by atoms with Gasteiger partial charge in [0.05, 0.1) is 4.92 Å². The highest BCUT2D eigenvalue weighted by molar-refractivity contribution is 5.91. The third kappa shape index (κ3) is 1.43. The zero-order chi connectivity index (χ0) is 11.0. The van der Waals surface area contributed by atoms with E-state index in [4.69, 9.17) is 0 Å². The van der Waals surface area contributed by atoms with E-state index in [2.05, 4.69) is 0 Å². The summed E-state index contributed by atoms with van der Waals surface area (Å²) >= 11 is 0. The summed E-state index contributed by atoms with van der Waals surface area (Å²) < 4.78 is 0. The number of benzene rings is 2. The molecule has 0 aliphatic heterocycles. The van der Waals surface area contributed by atoms with Crippen molar-refractivity contribution in [3.05, 3.63) is 40.4 Å². The predicted octanol–water partition coefficient (Wildman–Crippen LogP) is 2.16. The fourth-order valence-electron chi connectivity index (χ4n) is 1.39. The molecule has 0 saturated carbocycles. The summed E-state index contributed by atoms with van der Waals surface area (Å²) in [7, 11) is 0. The zero-order valence-corrected chi connectivity index (χ0v) is 7.54. The first-order valence-corrected chi connectivity index (χ1v) is 4.18. The van der Waals surface area contributed by atoms with Gasteiger partial charge in [0, 0.05) is 17.5 Å². The molecule has 0 radical (unpaired) electrons. The minimum absolute atomic E-state index is 0.122. The highest BCUT2D eigenvalue weighted by atomic mass is 16.6. The Balaban J connectivity index is 2.79. The SMILES string of the molecule is O=[N+]([O-])c1ccc2ccc(O)c(O)c2c1. The number of phenols is 2. The number of nitro groups is 1. The van der Waals surface area contributed by atoms with Crippen LogP contribution in [0.25, 0.3) is 10.8 Å². The lowest BCUT2D eigenvalue weighted by molar-refractivity contribution is -0.384. The molecular weight excluding hydrogens is 198 g/mol. The fourth-order valence-corrected chi connectivity index (χ4v) is 1.39. The number of rotatable bonds is 1. The van der Waals surface area contributed by atoms with Gasteiger partial charge >= 0.3 is 0 Å². The molecule has 2 N–H and O–H groups in total. The van der Waals surface area contributed by atoms with Crippen LogP contribution >= 0.6 is 0 Å². The zero-order valence-electron chi connectivity index (χ0n) is 7.54. The van der Waals surface area contributed by atoms with Crippen LogP contribution in [-0.2, 0) is 0 Å². The molecule has 5 nitrogen and oxygen atoms in total. The predicted molar refractivity (Wildman–Crippen MR) is 53.9 cm³/mol. The maximum atomic E-state index is 10.5. The van der Waals surface area contributed by atoms with Crippen molar-refractivity contribution in [1.82, 2.24) is 0 Å². The summed E-state index contributed by atoms with van der Waals surface area (Å²) in [6, 6.07) is 7.01. The molecule has 0 aliphatic carbocycles. The molecule has 0 saturated heterocycles. The Morgan fingerprint density at radius 2 is 1.80 bits per heavy atom. The van der Waals surface area contributed by atoms with Gasteiger partial charge in [0.15, 0.2) is 11.5 Å². The van der Waals surface area contributed by atoms with E-state index < -0.39 is 4.92 Å². The van der Waals surface area contributed by atoms with Crippen molar-refractivity contribution in [2.24, 2.45) is 0 Å². The van der Waals surface area contributed by atoms with Crippen molar-refractivity contribution in [1.29, 1.82) is 0 Å². The van der Waals surface area contributed by atoms with Gasteiger partial charge in [-0.3, -0.25) is 10.1 Å². The molecule has 2 rings (SSSR count). The standard InChI is InChI=1S/C10H7NO4/c12-9-4-2-6-1-3-7(11(14)15)5-8(6)10(9)13/h1-5,12-13H. The van der Waals surface area contributed by atoms with Crippen LogP contribution in [0.3, 0.4) is 0 Å². The van der Waals surface area contributed by atoms with Gasteiger partial charge in [-0.05, 0) is 17.5 Å². The van der Waals surface area contributed by atoms with Gasteiger partial charge < -0.3 is 10.2 Å². The Bertz CT molecular complexity index is 550. The maximum absolute atomic E-state index is 10.5. The topological polar surface area (TPSA) is 83.6 Å². The lowest BCUT2D eigenvalue weighted by Gasteiger charge is -2.02. The summed E-state index contributed by atoms with van der Waals surface area (Å²) in [6.45, 7) is 0. The van der Waals surface area contributed by atoms with E-state index in [-0.39, 0.29) is 22.6 Å². The van der Waals surface area contributed by atoms with Gasteiger partial charge in [0.25, 0.3) is 5.69 Å². The van der Waals surface area contributed by atoms with Crippen LogP contribution in [0.15, 0.2) is 30.3 Å². The van der Waals surface area contributed by atoms with Crippen molar-refractivity contribution in [2.75, 3.05) is 0 Å². The second kappa shape index (κ2) is 3.13. The number of phenolic OH excluding ortho intramolecular Hbond substituents is 2. The van der Waals surface area contributed by atoms with Crippen LogP contribution in [0.2, 0.25) is 0 Å². The average molecular weight is 205 g/mol. The Labute approximate surface area is 84.4 Å². The van der Waals surface area contributed by atoms with Gasteiger partial charge in [0.2, 0.25) is 0 Å². The molecule has 0 heterocycles. The molecule has 0 unspecified atom stereocenters. The fraction of sp³-hybridized carbons (Fsp3) is 0. The Morgan fingerprint density at radius 3 is 2.47 bits per heavy atom. The number of nitro benzene ring substituents is 1. The minimum Gasteiger partial charge on any atom is -0.504 e. The molecule has 76 valence electrons. The molecule has 0 amide bonds. The summed E-state index contributed by atoms with van der Waals surface area (Å²) in [4.78, 5) is 9.95. The highest BCUT2D eigenvalue weighted by Gasteiger charge is 2.10. The van der Waals surface area contributed by atoms with Crippen molar-refractivity contribution in [2.45, 2.75) is 0 Å². The summed E-state index contributed by atoms with van der Waals surface area (Å²) in [5.41, 5.74) is -0.122. The van der Waals surface area contributed by atoms with Crippen LogP contribution in [0.1, 0.15) is 0 Å². The van der Waals surface area contributed by atoms with Crippen molar-refractivity contribution in [3.8, 4) is 11.5 Å². The van der Waals surface area contributed by atoms with Gasteiger partial charge in [-0.25, -0.2) is 0 Å². The lowest BCUT2D eigenvalue weighted by Crippen LogP contribution is -1.87. The first-order chi connectivity index (χ1) is 7.09. The van der Waals surface area contributed by atoms with E-state index in [0.29, 0.717) is 5.39 Å². The number of hydrogen-bond donors (Lipinski definition) is 2. The quantitative estimate of drug-likeness (QED) is 0.424.